The Morgan fingerprint density at radius 3 is 2.56 bits per heavy atom. The van der Waals surface area contributed by atoms with Gasteiger partial charge in [-0.25, -0.2) is 0 Å². The molecule has 5 heteroatoms. The number of carbonyl (C=O) groups is 2. The zero-order chi connectivity index (χ0) is 12.0. The highest BCUT2D eigenvalue weighted by atomic mass is 16.4. The van der Waals surface area contributed by atoms with Gasteiger partial charge in [0.15, 0.2) is 0 Å². The van der Waals surface area contributed by atoms with Gasteiger partial charge in [-0.15, -0.1) is 0 Å². The Morgan fingerprint density at radius 2 is 2.06 bits per heavy atom. The van der Waals surface area contributed by atoms with Gasteiger partial charge in [0.1, 0.15) is 0 Å². The second-order valence-electron chi connectivity index (χ2n) is 4.34. The quantitative estimate of drug-likeness (QED) is 0.566. The maximum absolute atomic E-state index is 11.1. The number of unbranched alkanes of at least 4 members (excludes halogenated alkanes) is 1. The van der Waals surface area contributed by atoms with Crippen molar-refractivity contribution in [2.75, 3.05) is 13.1 Å². The molecule has 1 aliphatic rings. The standard InChI is InChI=1S/C11H19NO4/c13-10(14)4-2-1-3-9(11(15)16)8-5-6-12-7-8/h8-9,12H,1-7H2,(H,13,14)(H,15,16). The van der Waals surface area contributed by atoms with Crippen molar-refractivity contribution < 1.29 is 19.8 Å². The fourth-order valence-corrected chi connectivity index (χ4v) is 2.22. The third kappa shape index (κ3) is 4.18. The van der Waals surface area contributed by atoms with E-state index in [4.69, 9.17) is 10.2 Å². The Hall–Kier alpha value is -1.10. The van der Waals surface area contributed by atoms with Crippen molar-refractivity contribution in [2.24, 2.45) is 11.8 Å². The van der Waals surface area contributed by atoms with Gasteiger partial charge in [0, 0.05) is 6.42 Å². The maximum atomic E-state index is 11.1. The Labute approximate surface area is 94.8 Å². The van der Waals surface area contributed by atoms with E-state index in [-0.39, 0.29) is 18.3 Å². The second kappa shape index (κ2) is 6.48. The number of aliphatic carboxylic acids is 2. The van der Waals surface area contributed by atoms with Crippen molar-refractivity contribution >= 4 is 11.9 Å². The van der Waals surface area contributed by atoms with Crippen molar-refractivity contribution in [1.29, 1.82) is 0 Å². The third-order valence-electron chi connectivity index (χ3n) is 3.14. The lowest BCUT2D eigenvalue weighted by Gasteiger charge is -2.18. The molecule has 0 aromatic carbocycles. The maximum Gasteiger partial charge on any atom is 0.306 e. The number of hydrogen-bond donors (Lipinski definition) is 3. The minimum Gasteiger partial charge on any atom is -0.481 e. The number of carboxylic acids is 2. The predicted octanol–water partition coefficient (Wildman–Crippen LogP) is 0.942. The van der Waals surface area contributed by atoms with Crippen LogP contribution >= 0.6 is 0 Å². The van der Waals surface area contributed by atoms with Gasteiger partial charge in [-0.3, -0.25) is 9.59 Å². The second-order valence-corrected chi connectivity index (χ2v) is 4.34. The first-order chi connectivity index (χ1) is 7.61. The molecular formula is C11H19NO4. The van der Waals surface area contributed by atoms with Gasteiger partial charge in [0.2, 0.25) is 0 Å². The predicted molar refractivity (Wildman–Crippen MR) is 58.2 cm³/mol. The Morgan fingerprint density at radius 1 is 1.31 bits per heavy atom. The molecule has 5 nitrogen and oxygen atoms in total. The molecule has 2 unspecified atom stereocenters. The molecule has 1 rings (SSSR count). The molecule has 0 aliphatic carbocycles. The Bertz CT molecular complexity index is 248. The molecular weight excluding hydrogens is 210 g/mol. The number of nitrogens with one attached hydrogen (secondary N) is 1. The molecule has 3 N–H and O–H groups in total. The fourth-order valence-electron chi connectivity index (χ4n) is 2.22. The van der Waals surface area contributed by atoms with Gasteiger partial charge in [-0.1, -0.05) is 6.42 Å². The molecule has 92 valence electrons. The van der Waals surface area contributed by atoms with E-state index in [2.05, 4.69) is 5.32 Å². The lowest BCUT2D eigenvalue weighted by molar-refractivity contribution is -0.143. The van der Waals surface area contributed by atoms with E-state index in [9.17, 15) is 9.59 Å². The average molecular weight is 229 g/mol. The van der Waals surface area contributed by atoms with Gasteiger partial charge in [-0.2, -0.15) is 0 Å². The molecule has 1 saturated heterocycles. The van der Waals surface area contributed by atoms with Crippen LogP contribution in [-0.2, 0) is 9.59 Å². The topological polar surface area (TPSA) is 86.6 Å². The first kappa shape index (κ1) is 13.0. The minimum absolute atomic E-state index is 0.134. The van der Waals surface area contributed by atoms with Crippen molar-refractivity contribution in [3.63, 3.8) is 0 Å². The first-order valence-electron chi connectivity index (χ1n) is 5.76. The first-order valence-corrected chi connectivity index (χ1v) is 5.76. The summed E-state index contributed by atoms with van der Waals surface area (Å²) in [6, 6.07) is 0. The van der Waals surface area contributed by atoms with Crippen LogP contribution in [0.3, 0.4) is 0 Å². The highest BCUT2D eigenvalue weighted by Crippen LogP contribution is 2.24. The summed E-state index contributed by atoms with van der Waals surface area (Å²) in [4.78, 5) is 21.4. The van der Waals surface area contributed by atoms with Crippen molar-refractivity contribution in [3.05, 3.63) is 0 Å². The average Bonchev–Trinajstić information content (AvgIpc) is 2.69. The summed E-state index contributed by atoms with van der Waals surface area (Å²) >= 11 is 0. The van der Waals surface area contributed by atoms with E-state index in [0.29, 0.717) is 19.3 Å². The summed E-state index contributed by atoms with van der Waals surface area (Å²) in [6.07, 6.45) is 2.89. The molecule has 1 heterocycles. The summed E-state index contributed by atoms with van der Waals surface area (Å²) < 4.78 is 0. The molecule has 0 amide bonds. The summed E-state index contributed by atoms with van der Waals surface area (Å²) in [6.45, 7) is 1.67. The summed E-state index contributed by atoms with van der Waals surface area (Å²) in [5.74, 6) is -1.66. The summed E-state index contributed by atoms with van der Waals surface area (Å²) in [5, 5.41) is 20.7. The van der Waals surface area contributed by atoms with Gasteiger partial charge in [-0.05, 0) is 38.3 Å². The molecule has 1 aliphatic heterocycles. The van der Waals surface area contributed by atoms with Crippen LogP contribution in [0, 0.1) is 11.8 Å². The molecule has 0 spiro atoms. The van der Waals surface area contributed by atoms with Gasteiger partial charge in [0.05, 0.1) is 5.92 Å². The molecule has 0 aromatic rings. The van der Waals surface area contributed by atoms with Crippen LogP contribution in [0.2, 0.25) is 0 Å². The highest BCUT2D eigenvalue weighted by Gasteiger charge is 2.29. The lowest BCUT2D eigenvalue weighted by atomic mass is 9.87. The van der Waals surface area contributed by atoms with Crippen LogP contribution in [0.5, 0.6) is 0 Å². The molecule has 0 aromatic heterocycles. The number of hydrogen-bond acceptors (Lipinski definition) is 3. The zero-order valence-electron chi connectivity index (χ0n) is 9.32. The van der Waals surface area contributed by atoms with Crippen molar-refractivity contribution in [2.45, 2.75) is 32.1 Å². The fraction of sp³-hybridized carbons (Fsp3) is 0.818. The van der Waals surface area contributed by atoms with Crippen LogP contribution in [0.1, 0.15) is 32.1 Å². The van der Waals surface area contributed by atoms with Crippen molar-refractivity contribution in [1.82, 2.24) is 5.32 Å². The summed E-state index contributed by atoms with van der Waals surface area (Å²) in [5.41, 5.74) is 0. The summed E-state index contributed by atoms with van der Waals surface area (Å²) in [7, 11) is 0. The van der Waals surface area contributed by atoms with Crippen LogP contribution in [0.15, 0.2) is 0 Å². The number of rotatable bonds is 7. The SMILES string of the molecule is O=C(O)CCCCC(C(=O)O)C1CCNC1. The zero-order valence-corrected chi connectivity index (χ0v) is 9.32. The Balaban J connectivity index is 2.28. The van der Waals surface area contributed by atoms with Crippen LogP contribution < -0.4 is 5.32 Å². The molecule has 0 radical (unpaired) electrons. The van der Waals surface area contributed by atoms with Gasteiger partial charge >= 0.3 is 11.9 Å². The third-order valence-corrected chi connectivity index (χ3v) is 3.14. The number of carboxylic acid groups (broad SMARTS) is 2. The largest absolute Gasteiger partial charge is 0.481 e. The van der Waals surface area contributed by atoms with E-state index in [1.54, 1.807) is 0 Å². The van der Waals surface area contributed by atoms with E-state index in [0.717, 1.165) is 19.5 Å². The monoisotopic (exact) mass is 229 g/mol. The molecule has 0 saturated carbocycles. The molecule has 1 fully saturated rings. The highest BCUT2D eigenvalue weighted by molar-refractivity contribution is 5.70. The van der Waals surface area contributed by atoms with E-state index in [1.807, 2.05) is 0 Å². The lowest BCUT2D eigenvalue weighted by Crippen LogP contribution is -2.25. The normalized spacial score (nSPS) is 21.9. The Kier molecular flexibility index (Phi) is 5.25. The van der Waals surface area contributed by atoms with Crippen LogP contribution in [0.25, 0.3) is 0 Å². The smallest absolute Gasteiger partial charge is 0.306 e. The van der Waals surface area contributed by atoms with Crippen molar-refractivity contribution in [3.8, 4) is 0 Å². The van der Waals surface area contributed by atoms with E-state index >= 15 is 0 Å². The van der Waals surface area contributed by atoms with Crippen LogP contribution in [0.4, 0.5) is 0 Å². The molecule has 2 atom stereocenters. The van der Waals surface area contributed by atoms with Gasteiger partial charge in [0.25, 0.3) is 0 Å². The van der Waals surface area contributed by atoms with Gasteiger partial charge < -0.3 is 15.5 Å². The van der Waals surface area contributed by atoms with E-state index < -0.39 is 11.9 Å². The molecule has 0 bridgehead atoms. The van der Waals surface area contributed by atoms with Crippen LogP contribution in [-0.4, -0.2) is 35.2 Å². The molecule has 16 heavy (non-hydrogen) atoms. The van der Waals surface area contributed by atoms with E-state index in [1.165, 1.54) is 0 Å². The minimum atomic E-state index is -0.811.